The van der Waals surface area contributed by atoms with E-state index in [1.54, 1.807) is 41.3 Å². The van der Waals surface area contributed by atoms with Gasteiger partial charge in [-0.2, -0.15) is 0 Å². The largest absolute Gasteiger partial charge is 0.366 e. The molecule has 1 saturated heterocycles. The lowest BCUT2D eigenvalue weighted by Gasteiger charge is -2.36. The van der Waals surface area contributed by atoms with E-state index >= 15 is 0 Å². The molecule has 0 unspecified atom stereocenters. The summed E-state index contributed by atoms with van der Waals surface area (Å²) in [6.07, 6.45) is 0.951. The van der Waals surface area contributed by atoms with Crippen LogP contribution in [-0.4, -0.2) is 49.4 Å². The number of benzene rings is 2. The number of amides is 2. The fraction of sp³-hybridized carbons (Fsp3) is 0.333. The van der Waals surface area contributed by atoms with Crippen LogP contribution in [0.15, 0.2) is 48.5 Å². The number of nitrogens with zero attached hydrogens (tertiary/aromatic N) is 2. The minimum absolute atomic E-state index is 0.0638. The van der Waals surface area contributed by atoms with E-state index in [1.807, 2.05) is 11.0 Å². The second kappa shape index (κ2) is 9.55. The molecule has 0 saturated carbocycles. The number of halogens is 2. The average molecular weight is 404 g/mol. The van der Waals surface area contributed by atoms with Crippen LogP contribution in [0.5, 0.6) is 0 Å². The van der Waals surface area contributed by atoms with E-state index in [0.29, 0.717) is 61.8 Å². The van der Waals surface area contributed by atoms with Gasteiger partial charge in [0, 0.05) is 49.7 Å². The molecule has 0 spiro atoms. The predicted octanol–water partition coefficient (Wildman–Crippen LogP) is 3.34. The summed E-state index contributed by atoms with van der Waals surface area (Å²) < 4.78 is 13.9. The number of piperazine rings is 1. The van der Waals surface area contributed by atoms with Gasteiger partial charge in [0.2, 0.25) is 5.91 Å². The Morgan fingerprint density at radius 3 is 2.36 bits per heavy atom. The van der Waals surface area contributed by atoms with Crippen molar-refractivity contribution < 1.29 is 14.0 Å². The highest BCUT2D eigenvalue weighted by molar-refractivity contribution is 6.30. The Morgan fingerprint density at radius 1 is 1.00 bits per heavy atom. The molecule has 2 aromatic rings. The molecule has 3 rings (SSSR count). The van der Waals surface area contributed by atoms with Crippen molar-refractivity contribution in [2.75, 3.05) is 37.6 Å². The quantitative estimate of drug-likeness (QED) is 0.753. The molecule has 7 heteroatoms. The summed E-state index contributed by atoms with van der Waals surface area (Å²) in [7, 11) is 0. The van der Waals surface area contributed by atoms with Crippen molar-refractivity contribution in [1.29, 1.82) is 0 Å². The van der Waals surface area contributed by atoms with Crippen molar-refractivity contribution in [2.24, 2.45) is 0 Å². The predicted molar refractivity (Wildman–Crippen MR) is 108 cm³/mol. The Bertz CT molecular complexity index is 821. The number of anilines is 1. The van der Waals surface area contributed by atoms with Crippen LogP contribution in [0.1, 0.15) is 23.2 Å². The molecule has 0 radical (unpaired) electrons. The fourth-order valence-corrected chi connectivity index (χ4v) is 3.33. The van der Waals surface area contributed by atoms with Gasteiger partial charge >= 0.3 is 0 Å². The Balaban J connectivity index is 1.37. The molecule has 2 amide bonds. The molecule has 2 aromatic carbocycles. The fourth-order valence-electron chi connectivity index (χ4n) is 3.21. The van der Waals surface area contributed by atoms with Crippen LogP contribution in [0.2, 0.25) is 5.02 Å². The minimum atomic E-state index is -0.237. The van der Waals surface area contributed by atoms with Crippen molar-refractivity contribution in [2.45, 2.75) is 12.8 Å². The number of carbonyl (C=O) groups excluding carboxylic acids is 2. The molecule has 5 nitrogen and oxygen atoms in total. The van der Waals surface area contributed by atoms with Crippen molar-refractivity contribution in [3.05, 3.63) is 64.9 Å². The van der Waals surface area contributed by atoms with Gasteiger partial charge in [0.25, 0.3) is 5.91 Å². The van der Waals surface area contributed by atoms with Gasteiger partial charge in [0.15, 0.2) is 0 Å². The monoisotopic (exact) mass is 403 g/mol. The van der Waals surface area contributed by atoms with Crippen LogP contribution in [0, 0.1) is 5.82 Å². The zero-order valence-electron chi connectivity index (χ0n) is 15.5. The van der Waals surface area contributed by atoms with Gasteiger partial charge in [0.05, 0.1) is 5.69 Å². The standard InChI is InChI=1S/C21H23ClFN3O2/c22-17-9-7-16(8-10-17)21(28)24-11-3-6-20(27)26-14-12-25(13-15-26)19-5-2-1-4-18(19)23/h1-2,4-5,7-10H,3,6,11-15H2,(H,24,28). The maximum absolute atomic E-state index is 13.9. The first kappa shape index (κ1) is 20.1. The van der Waals surface area contributed by atoms with Crippen molar-refractivity contribution in [3.8, 4) is 0 Å². The van der Waals surface area contributed by atoms with Crippen LogP contribution in [0.25, 0.3) is 0 Å². The van der Waals surface area contributed by atoms with E-state index in [4.69, 9.17) is 11.6 Å². The maximum atomic E-state index is 13.9. The number of nitrogens with one attached hydrogen (secondary N) is 1. The Kier molecular flexibility index (Phi) is 6.87. The van der Waals surface area contributed by atoms with Crippen LogP contribution in [-0.2, 0) is 4.79 Å². The minimum Gasteiger partial charge on any atom is -0.366 e. The lowest BCUT2D eigenvalue weighted by molar-refractivity contribution is -0.131. The summed E-state index contributed by atoms with van der Waals surface area (Å²) in [5.74, 6) is -0.352. The summed E-state index contributed by atoms with van der Waals surface area (Å²) in [5, 5.41) is 3.39. The Hall–Kier alpha value is -2.60. The number of para-hydroxylation sites is 1. The van der Waals surface area contributed by atoms with Gasteiger partial charge in [-0.15, -0.1) is 0 Å². The molecule has 1 aliphatic rings. The molecule has 28 heavy (non-hydrogen) atoms. The summed E-state index contributed by atoms with van der Waals surface area (Å²) in [4.78, 5) is 28.1. The van der Waals surface area contributed by atoms with Crippen molar-refractivity contribution in [1.82, 2.24) is 10.2 Å². The highest BCUT2D eigenvalue weighted by Crippen LogP contribution is 2.20. The molecule has 0 aliphatic carbocycles. The zero-order chi connectivity index (χ0) is 19.9. The topological polar surface area (TPSA) is 52.7 Å². The highest BCUT2D eigenvalue weighted by Gasteiger charge is 2.22. The molecule has 1 aliphatic heterocycles. The van der Waals surface area contributed by atoms with Crippen molar-refractivity contribution in [3.63, 3.8) is 0 Å². The third-order valence-electron chi connectivity index (χ3n) is 4.78. The first-order valence-corrected chi connectivity index (χ1v) is 9.73. The van der Waals surface area contributed by atoms with Gasteiger partial charge in [-0.3, -0.25) is 9.59 Å². The van der Waals surface area contributed by atoms with Gasteiger partial charge in [0.1, 0.15) is 5.82 Å². The lowest BCUT2D eigenvalue weighted by Crippen LogP contribution is -2.49. The normalized spacial score (nSPS) is 14.1. The van der Waals surface area contributed by atoms with Crippen molar-refractivity contribution >= 4 is 29.1 Å². The van der Waals surface area contributed by atoms with Crippen LogP contribution >= 0.6 is 11.6 Å². The molecular weight excluding hydrogens is 381 g/mol. The van der Waals surface area contributed by atoms with Gasteiger partial charge in [-0.05, 0) is 42.8 Å². The molecule has 0 atom stereocenters. The van der Waals surface area contributed by atoms with Gasteiger partial charge < -0.3 is 15.1 Å². The molecule has 0 bridgehead atoms. The van der Waals surface area contributed by atoms with E-state index in [9.17, 15) is 14.0 Å². The third kappa shape index (κ3) is 5.23. The summed E-state index contributed by atoms with van der Waals surface area (Å²) in [5.41, 5.74) is 1.12. The lowest BCUT2D eigenvalue weighted by atomic mass is 10.2. The Labute approximate surface area is 169 Å². The molecule has 1 N–H and O–H groups in total. The third-order valence-corrected chi connectivity index (χ3v) is 5.04. The second-order valence-corrected chi connectivity index (χ2v) is 7.12. The van der Waals surface area contributed by atoms with Gasteiger partial charge in [-0.1, -0.05) is 23.7 Å². The van der Waals surface area contributed by atoms with E-state index in [1.165, 1.54) is 6.07 Å². The van der Waals surface area contributed by atoms with E-state index in [0.717, 1.165) is 0 Å². The molecule has 0 aromatic heterocycles. The SMILES string of the molecule is O=C(NCCCC(=O)N1CCN(c2ccccc2F)CC1)c1ccc(Cl)cc1. The van der Waals surface area contributed by atoms with Crippen LogP contribution in [0.3, 0.4) is 0 Å². The molecule has 1 fully saturated rings. The van der Waals surface area contributed by atoms with E-state index in [2.05, 4.69) is 5.32 Å². The van der Waals surface area contributed by atoms with E-state index in [-0.39, 0.29) is 17.6 Å². The van der Waals surface area contributed by atoms with Gasteiger partial charge in [-0.25, -0.2) is 4.39 Å². The number of carbonyl (C=O) groups is 2. The smallest absolute Gasteiger partial charge is 0.251 e. The number of hydrogen-bond acceptors (Lipinski definition) is 3. The second-order valence-electron chi connectivity index (χ2n) is 6.69. The summed E-state index contributed by atoms with van der Waals surface area (Å²) in [6, 6.07) is 13.4. The first-order chi connectivity index (χ1) is 13.5. The van der Waals surface area contributed by atoms with Crippen LogP contribution in [0.4, 0.5) is 10.1 Å². The highest BCUT2D eigenvalue weighted by atomic mass is 35.5. The first-order valence-electron chi connectivity index (χ1n) is 9.35. The summed E-state index contributed by atoms with van der Waals surface area (Å²) in [6.45, 7) is 2.80. The van der Waals surface area contributed by atoms with Crippen LogP contribution < -0.4 is 10.2 Å². The average Bonchev–Trinajstić information content (AvgIpc) is 2.72. The molecule has 148 valence electrons. The maximum Gasteiger partial charge on any atom is 0.251 e. The zero-order valence-corrected chi connectivity index (χ0v) is 16.3. The number of hydrogen-bond donors (Lipinski definition) is 1. The van der Waals surface area contributed by atoms with E-state index < -0.39 is 0 Å². The molecule has 1 heterocycles. The summed E-state index contributed by atoms with van der Waals surface area (Å²) >= 11 is 5.81. The number of rotatable bonds is 6. The molecular formula is C21H23ClFN3O2. The Morgan fingerprint density at radius 2 is 1.68 bits per heavy atom.